The predicted octanol–water partition coefficient (Wildman–Crippen LogP) is 6.70. The van der Waals surface area contributed by atoms with Crippen molar-refractivity contribution in [2.45, 2.75) is 0 Å². The summed E-state index contributed by atoms with van der Waals surface area (Å²) in [6.07, 6.45) is 0. The van der Waals surface area contributed by atoms with Crippen LogP contribution in [0.2, 0.25) is 20.1 Å². The summed E-state index contributed by atoms with van der Waals surface area (Å²) in [5.74, 6) is -0.151. The van der Waals surface area contributed by atoms with Crippen LogP contribution in [0.5, 0.6) is 11.5 Å². The number of benzene rings is 3. The van der Waals surface area contributed by atoms with Crippen molar-refractivity contribution in [2.24, 2.45) is 10.2 Å². The predicted molar refractivity (Wildman–Crippen MR) is 129 cm³/mol. The van der Waals surface area contributed by atoms with Crippen LogP contribution < -0.4 is 14.7 Å². The summed E-state index contributed by atoms with van der Waals surface area (Å²) in [6.45, 7) is 0. The normalized spacial score (nSPS) is 11.4. The number of carbonyl (C=O) groups is 1. The van der Waals surface area contributed by atoms with Crippen molar-refractivity contribution in [1.29, 1.82) is 0 Å². The van der Waals surface area contributed by atoms with Gasteiger partial charge in [0, 0.05) is 12.1 Å². The fourth-order valence-corrected chi connectivity index (χ4v) is 3.54. The van der Waals surface area contributed by atoms with E-state index < -0.39 is 17.3 Å². The number of hydrogen-bond acceptors (Lipinski definition) is 7. The smallest absolute Gasteiger partial charge is 0.363 e. The molecule has 0 radical (unpaired) electrons. The van der Waals surface area contributed by atoms with Crippen LogP contribution in [0.25, 0.3) is 0 Å². The molecular formula is C20H12Cl4N4O5S. The Hall–Kier alpha value is -2.53. The molecule has 0 aliphatic rings. The molecule has 0 bridgehead atoms. The van der Waals surface area contributed by atoms with Gasteiger partial charge in [-0.2, -0.15) is 4.28 Å². The van der Waals surface area contributed by atoms with Crippen LogP contribution in [0.3, 0.4) is 0 Å². The lowest BCUT2D eigenvalue weighted by molar-refractivity contribution is 0.0991. The van der Waals surface area contributed by atoms with E-state index in [1.165, 1.54) is 37.4 Å². The highest BCUT2D eigenvalue weighted by atomic mass is 35.5. The second kappa shape index (κ2) is 11.7. The van der Waals surface area contributed by atoms with Gasteiger partial charge in [-0.05, 0) is 54.6 Å². The van der Waals surface area contributed by atoms with Crippen LogP contribution in [-0.4, -0.2) is 21.7 Å². The SMILES string of the molecule is CN(OS(=O)[O-])c1ccc(Oc2ccc(Cl)cc2)cc1C(=O)N=[N+]=Nc1cc(Cl)c(Cl)c(Cl)c1. The Bertz CT molecular complexity index is 1290. The maximum atomic E-state index is 12.8. The number of carbonyl (C=O) groups excluding carboxylic acids is 1. The van der Waals surface area contributed by atoms with E-state index in [0.717, 1.165) is 5.06 Å². The summed E-state index contributed by atoms with van der Waals surface area (Å²) in [6, 6.07) is 13.6. The second-order valence-corrected chi connectivity index (χ2v) is 8.52. The quantitative estimate of drug-likeness (QED) is 0.104. The van der Waals surface area contributed by atoms with Gasteiger partial charge in [-0.1, -0.05) is 46.4 Å². The number of anilines is 1. The van der Waals surface area contributed by atoms with Crippen LogP contribution in [0.1, 0.15) is 10.4 Å². The third-order valence-electron chi connectivity index (χ3n) is 4.02. The van der Waals surface area contributed by atoms with Crippen molar-refractivity contribution in [3.05, 3.63) is 80.3 Å². The fraction of sp³-hybridized carbons (Fsp3) is 0.0500. The molecule has 0 heterocycles. The van der Waals surface area contributed by atoms with Gasteiger partial charge in [0.1, 0.15) is 22.9 Å². The highest BCUT2D eigenvalue weighted by Crippen LogP contribution is 2.34. The average Bonchev–Trinajstić information content (AvgIpc) is 2.78. The molecule has 14 heteroatoms. The molecule has 3 aromatic carbocycles. The third-order valence-corrected chi connectivity index (χ3v) is 5.82. The molecule has 1 atom stereocenters. The molecule has 0 N–H and O–H groups in total. The van der Waals surface area contributed by atoms with Crippen molar-refractivity contribution in [3.8, 4) is 11.5 Å². The summed E-state index contributed by atoms with van der Waals surface area (Å²) in [5, 5.41) is 9.16. The highest BCUT2D eigenvalue weighted by molar-refractivity contribution is 7.74. The average molecular weight is 562 g/mol. The summed E-state index contributed by atoms with van der Waals surface area (Å²) in [5.41, 5.74) is 0.206. The van der Waals surface area contributed by atoms with E-state index in [2.05, 4.69) is 19.4 Å². The van der Waals surface area contributed by atoms with Gasteiger partial charge in [-0.3, -0.25) is 4.79 Å². The molecule has 1 amide bonds. The number of halogens is 4. The Kier molecular flexibility index (Phi) is 9.01. The number of rotatable bonds is 7. The summed E-state index contributed by atoms with van der Waals surface area (Å²) >= 11 is 20.8. The van der Waals surface area contributed by atoms with Gasteiger partial charge >= 0.3 is 5.91 Å². The van der Waals surface area contributed by atoms with Crippen molar-refractivity contribution in [2.75, 3.05) is 12.1 Å². The monoisotopic (exact) mass is 560 g/mol. The van der Waals surface area contributed by atoms with Crippen LogP contribution in [0, 0.1) is 0 Å². The maximum absolute atomic E-state index is 12.8. The van der Waals surface area contributed by atoms with Gasteiger partial charge in [0.25, 0.3) is 0 Å². The van der Waals surface area contributed by atoms with Crippen molar-refractivity contribution in [3.63, 3.8) is 0 Å². The summed E-state index contributed by atoms with van der Waals surface area (Å²) in [4.78, 5) is 16.3. The van der Waals surface area contributed by atoms with Crippen molar-refractivity contribution < 1.29 is 22.6 Å². The molecule has 0 spiro atoms. The molecule has 0 aromatic heterocycles. The minimum absolute atomic E-state index is 0.0780. The first-order chi connectivity index (χ1) is 16.1. The zero-order valence-electron chi connectivity index (χ0n) is 16.9. The Morgan fingerprint density at radius 1 is 1.00 bits per heavy atom. The molecule has 3 aromatic rings. The van der Waals surface area contributed by atoms with Crippen LogP contribution >= 0.6 is 46.4 Å². The van der Waals surface area contributed by atoms with Gasteiger partial charge in [-0.25, -0.2) is 9.27 Å². The molecule has 176 valence electrons. The molecular weight excluding hydrogens is 550 g/mol. The number of hydroxylamine groups is 1. The molecule has 0 aliphatic heterocycles. The second-order valence-electron chi connectivity index (χ2n) is 6.33. The largest absolute Gasteiger partial charge is 0.748 e. The van der Waals surface area contributed by atoms with E-state index in [-0.39, 0.29) is 37.8 Å². The Labute approximate surface area is 216 Å². The molecule has 9 nitrogen and oxygen atoms in total. The molecule has 0 fully saturated rings. The van der Waals surface area contributed by atoms with Gasteiger partial charge in [0.15, 0.2) is 10.8 Å². The topological polar surface area (TPSA) is 118 Å². The Morgan fingerprint density at radius 3 is 2.24 bits per heavy atom. The van der Waals surface area contributed by atoms with Gasteiger partial charge < -0.3 is 9.29 Å². The lowest BCUT2D eigenvalue weighted by Crippen LogP contribution is -2.21. The Balaban J connectivity index is 1.94. The molecule has 3 rings (SSSR count). The van der Waals surface area contributed by atoms with Crippen molar-refractivity contribution in [1.82, 2.24) is 4.91 Å². The van der Waals surface area contributed by atoms with E-state index >= 15 is 0 Å². The zero-order valence-corrected chi connectivity index (χ0v) is 20.8. The molecule has 0 aliphatic carbocycles. The Morgan fingerprint density at radius 2 is 1.62 bits per heavy atom. The van der Waals surface area contributed by atoms with E-state index in [9.17, 15) is 13.6 Å². The minimum Gasteiger partial charge on any atom is -0.748 e. The number of hydrogen-bond donors (Lipinski definition) is 0. The van der Waals surface area contributed by atoms with Crippen LogP contribution in [0.15, 0.2) is 64.8 Å². The van der Waals surface area contributed by atoms with Crippen LogP contribution in [0.4, 0.5) is 11.4 Å². The van der Waals surface area contributed by atoms with E-state index in [1.807, 2.05) is 0 Å². The lowest BCUT2D eigenvalue weighted by atomic mass is 10.1. The van der Waals surface area contributed by atoms with Crippen molar-refractivity contribution >= 4 is 75.0 Å². The lowest BCUT2D eigenvalue weighted by Gasteiger charge is -2.21. The number of amides is 1. The first-order valence-corrected chi connectivity index (χ1v) is 11.5. The number of ether oxygens (including phenoxy) is 1. The molecule has 0 saturated heterocycles. The highest BCUT2D eigenvalue weighted by Gasteiger charge is 2.20. The third kappa shape index (κ3) is 6.99. The summed E-state index contributed by atoms with van der Waals surface area (Å²) < 4.78 is 32.2. The molecule has 0 saturated carbocycles. The number of nitrogens with zero attached hydrogens (tertiary/aromatic N) is 4. The van der Waals surface area contributed by atoms with Gasteiger partial charge in [0.05, 0.1) is 26.3 Å². The minimum atomic E-state index is -2.88. The first-order valence-electron chi connectivity index (χ1n) is 9.03. The van der Waals surface area contributed by atoms with E-state index in [4.69, 9.17) is 51.1 Å². The zero-order chi connectivity index (χ0) is 24.8. The fourth-order valence-electron chi connectivity index (χ4n) is 2.56. The van der Waals surface area contributed by atoms with Crippen LogP contribution in [-0.2, 0) is 15.6 Å². The first kappa shape index (κ1) is 26.1. The van der Waals surface area contributed by atoms with Gasteiger partial charge in [0.2, 0.25) is 10.0 Å². The van der Waals surface area contributed by atoms with Gasteiger partial charge in [-0.15, -0.1) is 0 Å². The summed E-state index contributed by atoms with van der Waals surface area (Å²) in [7, 11) is 1.29. The standard InChI is InChI=1S/C20H12Cl4N4O5S/c1-28(33-34(30)31)18-7-6-14(32-13-4-2-11(21)3-5-13)10-15(18)20(29)26-27-25-12-8-16(22)19(24)17(23)9-12/h2-10H,1H3. The molecule has 1 unspecified atom stereocenters. The maximum Gasteiger partial charge on any atom is 0.363 e. The van der Waals surface area contributed by atoms with E-state index in [0.29, 0.717) is 10.8 Å². The molecule has 34 heavy (non-hydrogen) atoms. The van der Waals surface area contributed by atoms with E-state index in [1.54, 1.807) is 24.3 Å².